The lowest BCUT2D eigenvalue weighted by atomic mass is 10.0. The van der Waals surface area contributed by atoms with Crippen LogP contribution in [0.15, 0.2) is 21.3 Å². The molecule has 0 bridgehead atoms. The van der Waals surface area contributed by atoms with Crippen molar-refractivity contribution in [2.75, 3.05) is 5.73 Å². The molecule has 3 heterocycles. The molecular weight excluding hydrogens is 258 g/mol. The van der Waals surface area contributed by atoms with E-state index in [0.717, 1.165) is 0 Å². The third-order valence-corrected chi connectivity index (χ3v) is 2.99. The summed E-state index contributed by atoms with van der Waals surface area (Å²) in [7, 11) is 0. The van der Waals surface area contributed by atoms with Gasteiger partial charge in [-0.1, -0.05) is 6.08 Å². The number of aliphatic imine (C=N–C) groups is 1. The minimum Gasteiger partial charge on any atom is -0.396 e. The van der Waals surface area contributed by atoms with E-state index in [1.54, 1.807) is 6.08 Å². The number of aromatic nitrogens is 3. The van der Waals surface area contributed by atoms with Crippen molar-refractivity contribution in [1.82, 2.24) is 15.3 Å². The molecule has 1 aliphatic heterocycles. The molecule has 98 valence electrons. The minimum atomic E-state index is 0.0959. The average molecular weight is 267 g/mol. The van der Waals surface area contributed by atoms with Gasteiger partial charge < -0.3 is 5.73 Å². The first-order valence-electron chi connectivity index (χ1n) is 5.80. The molecule has 2 aromatic rings. The van der Waals surface area contributed by atoms with Gasteiger partial charge in [-0.15, -0.1) is 0 Å². The van der Waals surface area contributed by atoms with Gasteiger partial charge in [0.25, 0.3) is 0 Å². The Balaban J connectivity index is 2.22. The number of allylic oxidation sites excluding steroid dienone is 2. The van der Waals surface area contributed by atoms with Crippen LogP contribution in [0.3, 0.4) is 0 Å². The van der Waals surface area contributed by atoms with Crippen LogP contribution in [0.4, 0.5) is 5.69 Å². The second-order valence-electron chi connectivity index (χ2n) is 4.24. The molecule has 0 saturated heterocycles. The van der Waals surface area contributed by atoms with Gasteiger partial charge in [-0.05, 0) is 10.3 Å². The van der Waals surface area contributed by atoms with Gasteiger partial charge in [0.05, 0.1) is 17.0 Å². The van der Waals surface area contributed by atoms with Gasteiger partial charge >= 0.3 is 0 Å². The number of pyridine rings is 1. The zero-order valence-electron chi connectivity index (χ0n) is 10.3. The van der Waals surface area contributed by atoms with Crippen molar-refractivity contribution in [2.24, 2.45) is 4.99 Å². The summed E-state index contributed by atoms with van der Waals surface area (Å²) in [6, 6.07) is 2.01. The van der Waals surface area contributed by atoms with Crippen LogP contribution in [0.2, 0.25) is 0 Å². The third kappa shape index (κ3) is 1.91. The summed E-state index contributed by atoms with van der Waals surface area (Å²) in [6.07, 6.45) is 3.69. The van der Waals surface area contributed by atoms with Gasteiger partial charge in [0.15, 0.2) is 5.52 Å². The van der Waals surface area contributed by atoms with E-state index < -0.39 is 0 Å². The number of nitrogens with two attached hydrogens (primary N) is 1. The normalized spacial score (nSPS) is 14.9. The quantitative estimate of drug-likeness (QED) is 0.723. The van der Waals surface area contributed by atoms with Crippen LogP contribution >= 0.6 is 0 Å². The first-order valence-corrected chi connectivity index (χ1v) is 5.80. The fourth-order valence-corrected chi connectivity index (χ4v) is 1.98. The number of nitriles is 1. The Morgan fingerprint density at radius 3 is 3.05 bits per heavy atom. The van der Waals surface area contributed by atoms with E-state index in [0.29, 0.717) is 40.1 Å². The molecule has 0 saturated carbocycles. The van der Waals surface area contributed by atoms with E-state index >= 15 is 0 Å². The number of hydrogen-bond donors (Lipinski definition) is 2. The van der Waals surface area contributed by atoms with Gasteiger partial charge in [-0.25, -0.2) is 14.6 Å². The maximum atomic E-state index is 8.96. The second kappa shape index (κ2) is 4.55. The first kappa shape index (κ1) is 12.0. The maximum Gasteiger partial charge on any atom is 0.226 e. The van der Waals surface area contributed by atoms with E-state index in [4.69, 9.17) is 16.4 Å². The second-order valence-corrected chi connectivity index (χ2v) is 4.24. The lowest BCUT2D eigenvalue weighted by Crippen LogP contribution is -2.08. The van der Waals surface area contributed by atoms with Crippen LogP contribution in [0, 0.1) is 16.7 Å². The van der Waals surface area contributed by atoms with E-state index in [1.807, 2.05) is 6.07 Å². The van der Waals surface area contributed by atoms with Crippen LogP contribution < -0.4 is 5.73 Å². The number of amidine groups is 1. The molecule has 0 aromatic carbocycles. The molecule has 1 aliphatic rings. The van der Waals surface area contributed by atoms with Crippen molar-refractivity contribution >= 4 is 28.9 Å². The highest BCUT2D eigenvalue weighted by atomic mass is 16.6. The van der Waals surface area contributed by atoms with Crippen LogP contribution in [-0.2, 0) is 12.8 Å². The van der Waals surface area contributed by atoms with Crippen molar-refractivity contribution in [3.05, 3.63) is 22.9 Å². The average Bonchev–Trinajstić information content (AvgIpc) is 2.92. The Labute approximate surface area is 113 Å². The molecular formula is C12H9N7O. The number of nitrogens with zero attached hydrogens (tertiary/aromatic N) is 5. The van der Waals surface area contributed by atoms with E-state index in [2.05, 4.69) is 24.9 Å². The molecule has 2 aromatic heterocycles. The summed E-state index contributed by atoms with van der Waals surface area (Å²) < 4.78 is 4.63. The third-order valence-electron chi connectivity index (χ3n) is 2.99. The highest BCUT2D eigenvalue weighted by Gasteiger charge is 2.18. The predicted octanol–water partition coefficient (Wildman–Crippen LogP) is 0.797. The molecule has 0 fully saturated rings. The van der Waals surface area contributed by atoms with Crippen LogP contribution in [0.1, 0.15) is 11.3 Å². The molecule has 3 rings (SSSR count). The molecule has 0 unspecified atom stereocenters. The highest BCUT2D eigenvalue weighted by Crippen LogP contribution is 2.25. The number of nitrogen functional groups attached to an aromatic ring is 1. The Bertz CT molecular complexity index is 809. The summed E-state index contributed by atoms with van der Waals surface area (Å²) >= 11 is 0. The van der Waals surface area contributed by atoms with Crippen LogP contribution in [0.25, 0.3) is 11.2 Å². The summed E-state index contributed by atoms with van der Waals surface area (Å²) in [5.41, 5.74) is 8.83. The predicted molar refractivity (Wildman–Crippen MR) is 71.3 cm³/mol. The lowest BCUT2D eigenvalue weighted by Gasteiger charge is -2.08. The van der Waals surface area contributed by atoms with Gasteiger partial charge in [0.1, 0.15) is 11.9 Å². The van der Waals surface area contributed by atoms with Crippen molar-refractivity contribution in [1.29, 1.82) is 10.7 Å². The van der Waals surface area contributed by atoms with Crippen molar-refractivity contribution in [2.45, 2.75) is 12.8 Å². The number of rotatable bonds is 0. The van der Waals surface area contributed by atoms with E-state index in [1.165, 1.54) is 6.21 Å². The maximum absolute atomic E-state index is 8.96. The minimum absolute atomic E-state index is 0.0959. The lowest BCUT2D eigenvalue weighted by molar-refractivity contribution is 0.315. The van der Waals surface area contributed by atoms with Gasteiger partial charge in [0, 0.05) is 24.6 Å². The smallest absolute Gasteiger partial charge is 0.226 e. The van der Waals surface area contributed by atoms with Crippen molar-refractivity contribution < 1.29 is 4.63 Å². The molecule has 20 heavy (non-hydrogen) atoms. The zero-order valence-corrected chi connectivity index (χ0v) is 10.3. The topological polar surface area (TPSA) is 138 Å². The Hall–Kier alpha value is -3.08. The number of fused-ring (bicyclic) bond motifs is 2. The Kier molecular flexibility index (Phi) is 2.72. The van der Waals surface area contributed by atoms with Crippen LogP contribution in [-0.4, -0.2) is 27.3 Å². The van der Waals surface area contributed by atoms with E-state index in [9.17, 15) is 0 Å². The fraction of sp³-hybridized carbons (Fsp3) is 0.167. The number of hydrogen-bond acceptors (Lipinski definition) is 7. The van der Waals surface area contributed by atoms with Crippen molar-refractivity contribution in [3.63, 3.8) is 0 Å². The van der Waals surface area contributed by atoms with Gasteiger partial charge in [0.2, 0.25) is 5.65 Å². The fourth-order valence-electron chi connectivity index (χ4n) is 1.98. The summed E-state index contributed by atoms with van der Waals surface area (Å²) in [5, 5.41) is 24.2. The molecule has 0 radical (unpaired) electrons. The molecule has 0 aliphatic carbocycles. The summed E-state index contributed by atoms with van der Waals surface area (Å²) in [6.45, 7) is 0. The zero-order chi connectivity index (χ0) is 14.1. The Morgan fingerprint density at radius 1 is 1.40 bits per heavy atom. The molecule has 8 nitrogen and oxygen atoms in total. The monoisotopic (exact) mass is 267 g/mol. The molecule has 8 heteroatoms. The van der Waals surface area contributed by atoms with E-state index in [-0.39, 0.29) is 12.3 Å². The summed E-state index contributed by atoms with van der Waals surface area (Å²) in [4.78, 5) is 8.26. The number of anilines is 1. The molecule has 0 spiro atoms. The van der Waals surface area contributed by atoms with Gasteiger partial charge in [-0.2, -0.15) is 5.26 Å². The molecule has 0 atom stereocenters. The van der Waals surface area contributed by atoms with Gasteiger partial charge in [-0.3, -0.25) is 5.41 Å². The largest absolute Gasteiger partial charge is 0.396 e. The Morgan fingerprint density at radius 2 is 2.25 bits per heavy atom. The first-order chi connectivity index (χ1) is 9.69. The highest BCUT2D eigenvalue weighted by molar-refractivity contribution is 5.98. The van der Waals surface area contributed by atoms with Crippen molar-refractivity contribution in [3.8, 4) is 6.07 Å². The van der Waals surface area contributed by atoms with Crippen LogP contribution in [0.5, 0.6) is 0 Å². The molecule has 3 N–H and O–H groups in total. The molecule has 0 amide bonds. The SMILES string of the molecule is N#CC1=CCc2nc3nonc3c(N)c2CC(=N)N=C1. The summed E-state index contributed by atoms with van der Waals surface area (Å²) in [5.74, 6) is 0.0959. The standard InChI is InChI=1S/C12H9N7O/c13-4-6-1-2-8-7(3-9(14)16-5-6)10(15)11-12(17-8)19-20-18-11/h1,5,14H,2-3,15H2. The number of nitrogens with one attached hydrogen (secondary N) is 1.